The highest BCUT2D eigenvalue weighted by Crippen LogP contribution is 2.19. The number of anilines is 1. The maximum Gasteiger partial charge on any atom is 0.253 e. The first-order valence-corrected chi connectivity index (χ1v) is 6.56. The van der Waals surface area contributed by atoms with E-state index < -0.39 is 0 Å². The molecule has 6 heteroatoms. The molecule has 0 aliphatic heterocycles. The highest BCUT2D eigenvalue weighted by atomic mass is 16.1. The van der Waals surface area contributed by atoms with Crippen LogP contribution in [0.1, 0.15) is 28.8 Å². The average molecular weight is 269 g/mol. The second-order valence-corrected chi connectivity index (χ2v) is 4.78. The molecule has 20 heavy (non-hydrogen) atoms. The van der Waals surface area contributed by atoms with Gasteiger partial charge in [0.1, 0.15) is 12.1 Å². The van der Waals surface area contributed by atoms with Crippen molar-refractivity contribution in [3.8, 4) is 0 Å². The van der Waals surface area contributed by atoms with Crippen molar-refractivity contribution in [1.29, 1.82) is 0 Å². The lowest BCUT2D eigenvalue weighted by Gasteiger charge is -2.06. The number of aromatic nitrogens is 3. The third-order valence-corrected chi connectivity index (χ3v) is 3.03. The van der Waals surface area contributed by atoms with Gasteiger partial charge in [-0.1, -0.05) is 0 Å². The lowest BCUT2D eigenvalue weighted by atomic mass is 10.2. The molecule has 2 aromatic rings. The predicted molar refractivity (Wildman–Crippen MR) is 74.1 cm³/mol. The zero-order valence-electron chi connectivity index (χ0n) is 10.9. The topological polar surface area (TPSA) is 79.8 Å². The second-order valence-electron chi connectivity index (χ2n) is 4.78. The monoisotopic (exact) mass is 269 g/mol. The number of carbonyl (C=O) groups is 1. The van der Waals surface area contributed by atoms with E-state index in [-0.39, 0.29) is 5.91 Å². The van der Waals surface area contributed by atoms with E-state index in [4.69, 9.17) is 0 Å². The van der Waals surface area contributed by atoms with Crippen molar-refractivity contribution in [2.75, 3.05) is 5.32 Å². The summed E-state index contributed by atoms with van der Waals surface area (Å²) < 4.78 is 0. The third-order valence-electron chi connectivity index (χ3n) is 3.03. The van der Waals surface area contributed by atoms with Crippen LogP contribution in [0.4, 0.5) is 5.82 Å². The fourth-order valence-corrected chi connectivity index (χ4v) is 1.74. The molecule has 2 N–H and O–H groups in total. The van der Waals surface area contributed by atoms with E-state index in [2.05, 4.69) is 25.6 Å². The molecule has 0 unspecified atom stereocenters. The molecule has 1 aliphatic carbocycles. The summed E-state index contributed by atoms with van der Waals surface area (Å²) in [5, 5.41) is 6.09. The summed E-state index contributed by atoms with van der Waals surface area (Å²) in [6, 6.07) is 3.93. The van der Waals surface area contributed by atoms with Gasteiger partial charge in [0.2, 0.25) is 0 Å². The molecule has 1 amide bonds. The molecule has 0 aromatic carbocycles. The fraction of sp³-hybridized carbons (Fsp3) is 0.286. The summed E-state index contributed by atoms with van der Waals surface area (Å²) in [5.41, 5.74) is 1.57. The summed E-state index contributed by atoms with van der Waals surface area (Å²) in [6.45, 7) is 0.599. The molecule has 1 saturated carbocycles. The molecule has 1 fully saturated rings. The number of amides is 1. The molecule has 1 aliphatic rings. The number of hydrogen-bond donors (Lipinski definition) is 2. The van der Waals surface area contributed by atoms with Crippen molar-refractivity contribution in [1.82, 2.24) is 20.3 Å². The first kappa shape index (κ1) is 12.5. The van der Waals surface area contributed by atoms with E-state index in [0.29, 0.717) is 18.2 Å². The number of nitrogens with zero attached hydrogens (tertiary/aromatic N) is 3. The van der Waals surface area contributed by atoms with Gasteiger partial charge in [-0.15, -0.1) is 0 Å². The minimum Gasteiger partial charge on any atom is -0.366 e. The Labute approximate surface area is 116 Å². The van der Waals surface area contributed by atoms with E-state index >= 15 is 0 Å². The standard InChI is InChI=1S/C14H15N5O/c20-14(19-12-2-3-12)11-1-4-13(18-8-11)17-7-10-5-15-9-16-6-10/h1,4-6,8-9,12H,2-3,7H2,(H,17,18)(H,19,20). The molecule has 2 aromatic heterocycles. The van der Waals surface area contributed by atoms with Gasteiger partial charge in [-0.3, -0.25) is 4.79 Å². The van der Waals surface area contributed by atoms with E-state index in [1.807, 2.05) is 0 Å². The number of rotatable bonds is 5. The van der Waals surface area contributed by atoms with Crippen LogP contribution in [0.2, 0.25) is 0 Å². The second kappa shape index (κ2) is 5.64. The van der Waals surface area contributed by atoms with Gasteiger partial charge in [0, 0.05) is 36.7 Å². The molecular weight excluding hydrogens is 254 g/mol. The number of carbonyl (C=O) groups excluding carboxylic acids is 1. The molecule has 6 nitrogen and oxygen atoms in total. The van der Waals surface area contributed by atoms with Crippen LogP contribution in [0.5, 0.6) is 0 Å². The maximum atomic E-state index is 11.8. The van der Waals surface area contributed by atoms with Crippen LogP contribution in [-0.2, 0) is 6.54 Å². The van der Waals surface area contributed by atoms with Crippen molar-refractivity contribution in [3.63, 3.8) is 0 Å². The van der Waals surface area contributed by atoms with Crippen molar-refractivity contribution >= 4 is 11.7 Å². The number of hydrogen-bond acceptors (Lipinski definition) is 5. The average Bonchev–Trinajstić information content (AvgIpc) is 3.31. The Balaban J connectivity index is 1.56. The van der Waals surface area contributed by atoms with Crippen LogP contribution >= 0.6 is 0 Å². The molecule has 0 radical (unpaired) electrons. The normalized spacial score (nSPS) is 13.8. The summed E-state index contributed by atoms with van der Waals surface area (Å²) in [5.74, 6) is 0.667. The molecular formula is C14H15N5O. The molecule has 2 heterocycles. The lowest BCUT2D eigenvalue weighted by molar-refractivity contribution is 0.0951. The van der Waals surface area contributed by atoms with Gasteiger partial charge in [-0.2, -0.15) is 0 Å². The SMILES string of the molecule is O=C(NC1CC1)c1ccc(NCc2cncnc2)nc1. The molecule has 0 bridgehead atoms. The molecule has 102 valence electrons. The molecule has 3 rings (SSSR count). The predicted octanol–water partition coefficient (Wildman–Crippen LogP) is 1.38. The van der Waals surface area contributed by atoms with E-state index in [1.165, 1.54) is 6.33 Å². The Kier molecular flexibility index (Phi) is 3.54. The van der Waals surface area contributed by atoms with E-state index in [0.717, 1.165) is 24.2 Å². The van der Waals surface area contributed by atoms with Gasteiger partial charge in [0.15, 0.2) is 0 Å². The number of pyridine rings is 1. The molecule has 0 saturated heterocycles. The fourth-order valence-electron chi connectivity index (χ4n) is 1.74. The van der Waals surface area contributed by atoms with Gasteiger partial charge in [0.05, 0.1) is 5.56 Å². The van der Waals surface area contributed by atoms with Crippen molar-refractivity contribution in [3.05, 3.63) is 48.2 Å². The number of nitrogens with one attached hydrogen (secondary N) is 2. The Bertz CT molecular complexity index is 580. The maximum absolute atomic E-state index is 11.8. The summed E-state index contributed by atoms with van der Waals surface area (Å²) in [7, 11) is 0. The van der Waals surface area contributed by atoms with Crippen molar-refractivity contribution in [2.24, 2.45) is 0 Å². The minimum absolute atomic E-state index is 0.0528. The highest BCUT2D eigenvalue weighted by Gasteiger charge is 2.23. The summed E-state index contributed by atoms with van der Waals surface area (Å²) >= 11 is 0. The zero-order chi connectivity index (χ0) is 13.8. The van der Waals surface area contributed by atoms with Gasteiger partial charge in [-0.25, -0.2) is 15.0 Å². The first-order valence-electron chi connectivity index (χ1n) is 6.56. The Morgan fingerprint density at radius 3 is 2.65 bits per heavy atom. The Morgan fingerprint density at radius 2 is 2.00 bits per heavy atom. The van der Waals surface area contributed by atoms with Crippen molar-refractivity contribution < 1.29 is 4.79 Å². The first-order chi connectivity index (χ1) is 9.81. The van der Waals surface area contributed by atoms with Gasteiger partial charge < -0.3 is 10.6 Å². The van der Waals surface area contributed by atoms with Crippen LogP contribution in [-0.4, -0.2) is 26.9 Å². The van der Waals surface area contributed by atoms with Crippen LogP contribution in [0, 0.1) is 0 Å². The van der Waals surface area contributed by atoms with E-state index in [9.17, 15) is 4.79 Å². The Morgan fingerprint density at radius 1 is 1.20 bits per heavy atom. The van der Waals surface area contributed by atoms with Crippen LogP contribution in [0.25, 0.3) is 0 Å². The highest BCUT2D eigenvalue weighted by molar-refractivity contribution is 5.94. The Hall–Kier alpha value is -2.50. The third kappa shape index (κ3) is 3.28. The smallest absolute Gasteiger partial charge is 0.253 e. The van der Waals surface area contributed by atoms with Gasteiger partial charge >= 0.3 is 0 Å². The van der Waals surface area contributed by atoms with Crippen LogP contribution < -0.4 is 10.6 Å². The van der Waals surface area contributed by atoms with Crippen LogP contribution in [0.15, 0.2) is 37.1 Å². The van der Waals surface area contributed by atoms with E-state index in [1.54, 1.807) is 30.7 Å². The molecule has 0 spiro atoms. The quantitative estimate of drug-likeness (QED) is 0.857. The minimum atomic E-state index is -0.0528. The van der Waals surface area contributed by atoms with Crippen LogP contribution in [0.3, 0.4) is 0 Å². The largest absolute Gasteiger partial charge is 0.366 e. The van der Waals surface area contributed by atoms with Gasteiger partial charge in [-0.05, 0) is 25.0 Å². The molecule has 0 atom stereocenters. The van der Waals surface area contributed by atoms with Gasteiger partial charge in [0.25, 0.3) is 5.91 Å². The van der Waals surface area contributed by atoms with Crippen molar-refractivity contribution in [2.45, 2.75) is 25.4 Å². The lowest BCUT2D eigenvalue weighted by Crippen LogP contribution is -2.25. The summed E-state index contributed by atoms with van der Waals surface area (Å²) in [4.78, 5) is 23.9. The summed E-state index contributed by atoms with van der Waals surface area (Å²) in [6.07, 6.45) is 8.74. The zero-order valence-corrected chi connectivity index (χ0v) is 10.9.